The number of methoxy groups -OCH3 is 1. The third kappa shape index (κ3) is 3.27. The van der Waals surface area contributed by atoms with Gasteiger partial charge in [-0.1, -0.05) is 12.1 Å². The van der Waals surface area contributed by atoms with E-state index in [0.717, 1.165) is 29.4 Å². The van der Waals surface area contributed by atoms with Crippen LogP contribution in [0.25, 0.3) is 0 Å². The van der Waals surface area contributed by atoms with Crippen LogP contribution < -0.4 is 4.74 Å². The lowest BCUT2D eigenvalue weighted by Gasteiger charge is -2.07. The highest BCUT2D eigenvalue weighted by Crippen LogP contribution is 2.13. The van der Waals surface area contributed by atoms with Gasteiger partial charge in [0.05, 0.1) is 20.2 Å². The molecule has 1 aromatic carbocycles. The maximum absolute atomic E-state index is 5.17. The molecule has 2 heterocycles. The molecular formula is C14H17N7O. The van der Waals surface area contributed by atoms with Gasteiger partial charge >= 0.3 is 0 Å². The summed E-state index contributed by atoms with van der Waals surface area (Å²) in [5.74, 6) is 2.53. The predicted octanol–water partition coefficient (Wildman–Crippen LogP) is 0.873. The van der Waals surface area contributed by atoms with Crippen LogP contribution in [0, 0.1) is 6.92 Å². The zero-order valence-corrected chi connectivity index (χ0v) is 12.5. The van der Waals surface area contributed by atoms with Crippen molar-refractivity contribution in [3.05, 3.63) is 47.8 Å². The first kappa shape index (κ1) is 14.2. The summed E-state index contributed by atoms with van der Waals surface area (Å²) in [5, 5.41) is 15.6. The largest absolute Gasteiger partial charge is 0.497 e. The zero-order valence-electron chi connectivity index (χ0n) is 12.5. The quantitative estimate of drug-likeness (QED) is 0.671. The summed E-state index contributed by atoms with van der Waals surface area (Å²) in [6.45, 7) is 3.24. The van der Waals surface area contributed by atoms with Crippen molar-refractivity contribution in [2.75, 3.05) is 7.11 Å². The number of nitrogens with zero attached hydrogens (tertiary/aromatic N) is 7. The highest BCUT2D eigenvalue weighted by atomic mass is 16.5. The van der Waals surface area contributed by atoms with Gasteiger partial charge < -0.3 is 4.74 Å². The van der Waals surface area contributed by atoms with Crippen LogP contribution in [0.4, 0.5) is 0 Å². The number of benzene rings is 1. The van der Waals surface area contributed by atoms with Gasteiger partial charge in [-0.15, -0.1) is 5.10 Å². The molecule has 0 radical (unpaired) electrons. The van der Waals surface area contributed by atoms with Crippen molar-refractivity contribution in [1.29, 1.82) is 0 Å². The minimum atomic E-state index is 0.674. The maximum Gasteiger partial charge on any atom is 0.147 e. The highest BCUT2D eigenvalue weighted by molar-refractivity contribution is 5.27. The second-order valence-corrected chi connectivity index (χ2v) is 4.90. The van der Waals surface area contributed by atoms with E-state index >= 15 is 0 Å². The Kier molecular flexibility index (Phi) is 4.08. The van der Waals surface area contributed by atoms with Crippen LogP contribution in [-0.4, -0.2) is 42.1 Å². The average molecular weight is 299 g/mol. The van der Waals surface area contributed by atoms with Crippen LogP contribution >= 0.6 is 0 Å². The molecule has 0 atom stereocenters. The number of tetrazole rings is 1. The standard InChI is InChI=1S/C14H17N7O/c1-11-16-14(7-8-20-10-15-18-19-20)21(17-11)9-12-3-5-13(22-2)6-4-12/h3-6,10H,7-9H2,1-2H3. The van der Waals surface area contributed by atoms with Crippen molar-refractivity contribution in [1.82, 2.24) is 35.0 Å². The maximum atomic E-state index is 5.17. The SMILES string of the molecule is COc1ccc(Cn2nc(C)nc2CCn2cnnn2)cc1. The van der Waals surface area contributed by atoms with Gasteiger partial charge in [0.15, 0.2) is 0 Å². The molecule has 0 fully saturated rings. The van der Waals surface area contributed by atoms with E-state index in [2.05, 4.69) is 25.6 Å². The van der Waals surface area contributed by atoms with E-state index in [1.807, 2.05) is 35.9 Å². The van der Waals surface area contributed by atoms with Crippen molar-refractivity contribution >= 4 is 0 Å². The Morgan fingerprint density at radius 3 is 2.68 bits per heavy atom. The molecule has 114 valence electrons. The Balaban J connectivity index is 1.72. The summed E-state index contributed by atoms with van der Waals surface area (Å²) in [6, 6.07) is 7.95. The minimum Gasteiger partial charge on any atom is -0.497 e. The van der Waals surface area contributed by atoms with Crippen molar-refractivity contribution < 1.29 is 4.74 Å². The van der Waals surface area contributed by atoms with Crippen molar-refractivity contribution in [3.63, 3.8) is 0 Å². The second kappa shape index (κ2) is 6.33. The van der Waals surface area contributed by atoms with Crippen LogP contribution in [-0.2, 0) is 19.5 Å². The molecule has 0 spiro atoms. The van der Waals surface area contributed by atoms with Gasteiger partial charge in [-0.2, -0.15) is 5.10 Å². The Bertz CT molecular complexity index is 718. The zero-order chi connectivity index (χ0) is 15.4. The van der Waals surface area contributed by atoms with Crippen molar-refractivity contribution in [3.8, 4) is 5.75 Å². The van der Waals surface area contributed by atoms with Crippen LogP contribution in [0.3, 0.4) is 0 Å². The summed E-state index contributed by atoms with van der Waals surface area (Å²) in [7, 11) is 1.66. The van der Waals surface area contributed by atoms with Gasteiger partial charge in [0.25, 0.3) is 0 Å². The number of hydrogen-bond donors (Lipinski definition) is 0. The Morgan fingerprint density at radius 1 is 1.18 bits per heavy atom. The first-order chi connectivity index (χ1) is 10.7. The molecule has 0 aliphatic carbocycles. The van der Waals surface area contributed by atoms with Gasteiger partial charge in [-0.05, 0) is 35.0 Å². The van der Waals surface area contributed by atoms with E-state index in [4.69, 9.17) is 4.74 Å². The number of rotatable bonds is 6. The van der Waals surface area contributed by atoms with Crippen LogP contribution in [0.2, 0.25) is 0 Å². The van der Waals surface area contributed by atoms with Gasteiger partial charge in [-0.3, -0.25) is 0 Å². The smallest absolute Gasteiger partial charge is 0.147 e. The van der Waals surface area contributed by atoms with E-state index < -0.39 is 0 Å². The van der Waals surface area contributed by atoms with E-state index in [1.165, 1.54) is 0 Å². The summed E-state index contributed by atoms with van der Waals surface area (Å²) < 4.78 is 8.77. The molecule has 22 heavy (non-hydrogen) atoms. The van der Waals surface area contributed by atoms with Gasteiger partial charge in [0.1, 0.15) is 23.7 Å². The monoisotopic (exact) mass is 299 g/mol. The Morgan fingerprint density at radius 2 is 2.00 bits per heavy atom. The van der Waals surface area contributed by atoms with Crippen LogP contribution in [0.15, 0.2) is 30.6 Å². The summed E-state index contributed by atoms with van der Waals surface area (Å²) >= 11 is 0. The Labute approximate surface area is 127 Å². The number of aryl methyl sites for hydroxylation is 3. The normalized spacial score (nSPS) is 10.8. The number of aromatic nitrogens is 7. The van der Waals surface area contributed by atoms with Gasteiger partial charge in [0, 0.05) is 6.42 Å². The van der Waals surface area contributed by atoms with Crippen LogP contribution in [0.5, 0.6) is 5.75 Å². The van der Waals surface area contributed by atoms with Crippen molar-refractivity contribution in [2.45, 2.75) is 26.4 Å². The molecule has 8 nitrogen and oxygen atoms in total. The average Bonchev–Trinajstić information content (AvgIpc) is 3.16. The molecule has 0 saturated heterocycles. The van der Waals surface area contributed by atoms with E-state index in [0.29, 0.717) is 13.1 Å². The third-order valence-corrected chi connectivity index (χ3v) is 3.30. The molecule has 0 aliphatic rings. The van der Waals surface area contributed by atoms with E-state index in [1.54, 1.807) is 18.1 Å². The molecular weight excluding hydrogens is 282 g/mol. The molecule has 0 N–H and O–H groups in total. The molecule has 0 unspecified atom stereocenters. The molecule has 8 heteroatoms. The van der Waals surface area contributed by atoms with Crippen LogP contribution in [0.1, 0.15) is 17.2 Å². The molecule has 3 rings (SSSR count). The lowest BCUT2D eigenvalue weighted by Crippen LogP contribution is -2.11. The van der Waals surface area contributed by atoms with Crippen molar-refractivity contribution in [2.24, 2.45) is 0 Å². The third-order valence-electron chi connectivity index (χ3n) is 3.30. The molecule has 0 saturated carbocycles. The lowest BCUT2D eigenvalue weighted by molar-refractivity contribution is 0.414. The van der Waals surface area contributed by atoms with Gasteiger partial charge in [0.2, 0.25) is 0 Å². The second-order valence-electron chi connectivity index (χ2n) is 4.90. The fraction of sp³-hybridized carbons (Fsp3) is 0.357. The molecule has 3 aromatic rings. The highest BCUT2D eigenvalue weighted by Gasteiger charge is 2.09. The summed E-state index contributed by atoms with van der Waals surface area (Å²) in [4.78, 5) is 4.49. The minimum absolute atomic E-state index is 0.674. The fourth-order valence-electron chi connectivity index (χ4n) is 2.21. The van der Waals surface area contributed by atoms with E-state index in [-0.39, 0.29) is 0 Å². The molecule has 0 bridgehead atoms. The molecule has 2 aromatic heterocycles. The lowest BCUT2D eigenvalue weighted by atomic mass is 10.2. The first-order valence-electron chi connectivity index (χ1n) is 6.98. The fourth-order valence-corrected chi connectivity index (χ4v) is 2.21. The predicted molar refractivity (Wildman–Crippen MR) is 78.4 cm³/mol. The topological polar surface area (TPSA) is 83.5 Å². The summed E-state index contributed by atoms with van der Waals surface area (Å²) in [6.07, 6.45) is 2.32. The number of ether oxygens (including phenoxy) is 1. The van der Waals surface area contributed by atoms with Gasteiger partial charge in [-0.25, -0.2) is 14.3 Å². The first-order valence-corrected chi connectivity index (χ1v) is 6.98. The van der Waals surface area contributed by atoms with E-state index in [9.17, 15) is 0 Å². The number of hydrogen-bond acceptors (Lipinski definition) is 6. The summed E-state index contributed by atoms with van der Waals surface area (Å²) in [5.41, 5.74) is 1.15. The molecule has 0 amide bonds. The Hall–Kier alpha value is -2.77. The molecule has 0 aliphatic heterocycles.